The molecular weight excluding hydrogens is 576 g/mol. The first-order valence-corrected chi connectivity index (χ1v) is 16.6. The molecule has 3 heterocycles. The van der Waals surface area contributed by atoms with E-state index < -0.39 is 0 Å². The number of benzene rings is 4. The number of fused-ring (bicyclic) bond motifs is 4. The summed E-state index contributed by atoms with van der Waals surface area (Å²) in [7, 11) is 0. The van der Waals surface area contributed by atoms with Crippen molar-refractivity contribution < 1.29 is 9.30 Å². The Balaban J connectivity index is 1.41. The number of pyridine rings is 1. The Kier molecular flexibility index (Phi) is 7.09. The fraction of sp³-hybridized carbons (Fsp3) is 0.286. The lowest BCUT2D eigenvalue weighted by atomic mass is 9.84. The average molecular weight is 622 g/mol. The predicted octanol–water partition coefficient (Wildman–Crippen LogP) is 10.6. The van der Waals surface area contributed by atoms with E-state index in [2.05, 4.69) is 173 Å². The Morgan fingerprint density at radius 3 is 2.09 bits per heavy atom. The van der Waals surface area contributed by atoms with Crippen LogP contribution in [0, 0.1) is 0 Å². The van der Waals surface area contributed by atoms with Crippen molar-refractivity contribution in [3.63, 3.8) is 0 Å². The summed E-state index contributed by atoms with van der Waals surface area (Å²) in [6, 6.07) is 34.4. The quantitative estimate of drug-likeness (QED) is 0.183. The highest BCUT2D eigenvalue weighted by molar-refractivity contribution is 6.11. The molecule has 0 N–H and O–H groups in total. The van der Waals surface area contributed by atoms with E-state index >= 15 is 0 Å². The summed E-state index contributed by atoms with van der Waals surface area (Å²) in [6.07, 6.45) is 4.13. The van der Waals surface area contributed by atoms with Gasteiger partial charge in [0.2, 0.25) is 6.33 Å². The maximum Gasteiger partial charge on any atom is 0.250 e. The van der Waals surface area contributed by atoms with Crippen molar-refractivity contribution in [1.82, 2.24) is 14.1 Å². The van der Waals surface area contributed by atoms with Crippen LogP contribution in [0.3, 0.4) is 0 Å². The molecule has 7 aromatic rings. The van der Waals surface area contributed by atoms with Crippen LogP contribution in [-0.2, 0) is 16.4 Å². The molecule has 0 saturated heterocycles. The van der Waals surface area contributed by atoms with Crippen LogP contribution in [0.5, 0.6) is 11.5 Å². The summed E-state index contributed by atoms with van der Waals surface area (Å²) in [4.78, 5) is 4.91. The van der Waals surface area contributed by atoms with Gasteiger partial charge in [0.15, 0.2) is 11.0 Å². The van der Waals surface area contributed by atoms with Gasteiger partial charge in [-0.15, -0.1) is 0 Å². The van der Waals surface area contributed by atoms with Gasteiger partial charge in [-0.3, -0.25) is 4.57 Å². The molecule has 0 spiro atoms. The van der Waals surface area contributed by atoms with E-state index in [1.807, 2.05) is 12.3 Å². The van der Waals surface area contributed by atoms with Gasteiger partial charge in [-0.1, -0.05) is 77.9 Å². The van der Waals surface area contributed by atoms with E-state index in [9.17, 15) is 0 Å². The van der Waals surface area contributed by atoms with Gasteiger partial charge < -0.3 is 4.74 Å². The minimum absolute atomic E-state index is 0.00348. The molecule has 3 aromatic heterocycles. The van der Waals surface area contributed by atoms with E-state index in [0.29, 0.717) is 0 Å². The van der Waals surface area contributed by atoms with Crippen molar-refractivity contribution in [3.8, 4) is 23.0 Å². The van der Waals surface area contributed by atoms with Crippen molar-refractivity contribution in [2.45, 2.75) is 78.7 Å². The fourth-order valence-corrected chi connectivity index (χ4v) is 6.66. The minimum atomic E-state index is -0.125. The third-order valence-corrected chi connectivity index (χ3v) is 9.08. The third kappa shape index (κ3) is 5.48. The van der Waals surface area contributed by atoms with Crippen LogP contribution in [0.1, 0.15) is 73.4 Å². The molecule has 0 aliphatic heterocycles. The van der Waals surface area contributed by atoms with Crippen LogP contribution in [0.25, 0.3) is 44.3 Å². The molecule has 0 radical (unpaired) electrons. The van der Waals surface area contributed by atoms with Gasteiger partial charge in [0.05, 0.1) is 11.0 Å². The topological polar surface area (TPSA) is 35.9 Å². The minimum Gasteiger partial charge on any atom is -0.457 e. The van der Waals surface area contributed by atoms with Gasteiger partial charge in [-0.05, 0) is 91.3 Å². The van der Waals surface area contributed by atoms with E-state index in [1.54, 1.807) is 0 Å². The van der Waals surface area contributed by atoms with Crippen LogP contribution >= 0.6 is 0 Å². The number of aromatic nitrogens is 4. The number of nitrogens with zero attached hydrogens (tertiary/aromatic N) is 4. The summed E-state index contributed by atoms with van der Waals surface area (Å²) in [5.41, 5.74) is 7.94. The van der Waals surface area contributed by atoms with Crippen molar-refractivity contribution in [2.24, 2.45) is 0 Å². The monoisotopic (exact) mass is 621 g/mol. The first-order chi connectivity index (χ1) is 22.2. The number of para-hydroxylation sites is 3. The Bertz CT molecular complexity index is 2280. The van der Waals surface area contributed by atoms with E-state index in [0.717, 1.165) is 39.6 Å². The van der Waals surface area contributed by atoms with Gasteiger partial charge in [-0.2, -0.15) is 4.57 Å². The Morgan fingerprint density at radius 2 is 1.36 bits per heavy atom. The molecular formula is C42H45N4O+. The van der Waals surface area contributed by atoms with E-state index in [4.69, 9.17) is 9.72 Å². The van der Waals surface area contributed by atoms with Crippen molar-refractivity contribution in [3.05, 3.63) is 121 Å². The van der Waals surface area contributed by atoms with Crippen LogP contribution in [0.15, 0.2) is 110 Å². The SMILES string of the molecule is CC(C)(C)c1ccnc(-n2c3ccccc3c3c(C(C)(C)C)cc(Oc4cccc(-n5c[n+](C(C)(C)C)c6ccccc65)c4)cc32)c1. The second-order valence-corrected chi connectivity index (χ2v) is 15.7. The Hall–Kier alpha value is -4.90. The normalized spacial score (nSPS) is 12.8. The highest BCUT2D eigenvalue weighted by Crippen LogP contribution is 2.42. The summed E-state index contributed by atoms with van der Waals surface area (Å²) in [6.45, 7) is 20.3. The second kappa shape index (κ2) is 10.8. The van der Waals surface area contributed by atoms with Crippen LogP contribution in [-0.4, -0.2) is 14.1 Å². The summed E-state index contributed by atoms with van der Waals surface area (Å²) in [5.74, 6) is 2.50. The van der Waals surface area contributed by atoms with Crippen molar-refractivity contribution in [1.29, 1.82) is 0 Å². The largest absolute Gasteiger partial charge is 0.457 e. The Morgan fingerprint density at radius 1 is 0.638 bits per heavy atom. The second-order valence-electron chi connectivity index (χ2n) is 15.7. The molecule has 0 unspecified atom stereocenters. The maximum atomic E-state index is 6.78. The smallest absolute Gasteiger partial charge is 0.250 e. The Labute approximate surface area is 278 Å². The molecule has 0 saturated carbocycles. The van der Waals surface area contributed by atoms with Gasteiger partial charge in [-0.25, -0.2) is 9.55 Å². The first-order valence-electron chi connectivity index (χ1n) is 16.6. The summed E-state index contributed by atoms with van der Waals surface area (Å²) in [5, 5.41) is 2.46. The zero-order valence-corrected chi connectivity index (χ0v) is 29.1. The molecule has 0 bridgehead atoms. The molecule has 0 atom stereocenters. The van der Waals surface area contributed by atoms with Crippen LogP contribution < -0.4 is 9.30 Å². The maximum absolute atomic E-state index is 6.78. The fourth-order valence-electron chi connectivity index (χ4n) is 6.66. The number of rotatable bonds is 4. The lowest BCUT2D eigenvalue weighted by molar-refractivity contribution is -0.731. The van der Waals surface area contributed by atoms with E-state index in [1.165, 1.54) is 27.4 Å². The van der Waals surface area contributed by atoms with Gasteiger partial charge in [0.25, 0.3) is 0 Å². The standard InChI is InChI=1S/C42H45N4O/c1-40(2,3)28-21-22-43-38(23-28)46-34-18-11-10-17-32(34)39-33(41(4,5)6)25-31(26-37(39)46)47-30-16-14-15-29(24-30)44-27-45(42(7,8)9)36-20-13-12-19-35(36)44/h10-27H,1-9H3/q+1. The van der Waals surface area contributed by atoms with Crippen LogP contribution in [0.2, 0.25) is 0 Å². The highest BCUT2D eigenvalue weighted by atomic mass is 16.5. The van der Waals surface area contributed by atoms with E-state index in [-0.39, 0.29) is 16.4 Å². The molecule has 47 heavy (non-hydrogen) atoms. The molecule has 7 rings (SSSR count). The molecule has 5 heteroatoms. The highest BCUT2D eigenvalue weighted by Gasteiger charge is 2.27. The molecule has 0 aliphatic rings. The number of imidazole rings is 1. The summed E-state index contributed by atoms with van der Waals surface area (Å²) >= 11 is 0. The molecule has 5 nitrogen and oxygen atoms in total. The first kappa shape index (κ1) is 30.7. The van der Waals surface area contributed by atoms with Gasteiger partial charge in [0, 0.05) is 29.1 Å². The van der Waals surface area contributed by atoms with Gasteiger partial charge in [0.1, 0.15) is 28.5 Å². The zero-order valence-electron chi connectivity index (χ0n) is 29.1. The zero-order chi connectivity index (χ0) is 33.3. The average Bonchev–Trinajstić information content (AvgIpc) is 3.57. The molecule has 238 valence electrons. The number of hydrogen-bond donors (Lipinski definition) is 0. The third-order valence-electron chi connectivity index (χ3n) is 9.08. The molecule has 4 aromatic carbocycles. The molecule has 0 fully saturated rings. The predicted molar refractivity (Wildman–Crippen MR) is 195 cm³/mol. The summed E-state index contributed by atoms with van der Waals surface area (Å²) < 4.78 is 13.7. The van der Waals surface area contributed by atoms with Crippen molar-refractivity contribution in [2.75, 3.05) is 0 Å². The van der Waals surface area contributed by atoms with Crippen molar-refractivity contribution >= 4 is 32.8 Å². The number of ether oxygens (including phenoxy) is 1. The van der Waals surface area contributed by atoms with Crippen LogP contribution in [0.4, 0.5) is 0 Å². The lowest BCUT2D eigenvalue weighted by Gasteiger charge is -2.22. The number of hydrogen-bond acceptors (Lipinski definition) is 2. The molecule has 0 amide bonds. The lowest BCUT2D eigenvalue weighted by Crippen LogP contribution is -2.49. The molecule has 0 aliphatic carbocycles. The van der Waals surface area contributed by atoms with Gasteiger partial charge >= 0.3 is 0 Å².